The molecule has 1 aliphatic rings. The second kappa shape index (κ2) is 8.57. The Labute approximate surface area is 188 Å². The number of nitrogens with two attached hydrogens (primary N) is 2. The summed E-state index contributed by atoms with van der Waals surface area (Å²) in [6.07, 6.45) is -2.35. The van der Waals surface area contributed by atoms with Crippen molar-refractivity contribution in [3.63, 3.8) is 0 Å². The average Bonchev–Trinajstić information content (AvgIpc) is 3.20. The van der Waals surface area contributed by atoms with Crippen LogP contribution in [0.25, 0.3) is 0 Å². The highest BCUT2D eigenvalue weighted by molar-refractivity contribution is 6.01. The molecular weight excluding hydrogens is 433 g/mol. The van der Waals surface area contributed by atoms with Crippen molar-refractivity contribution in [3.05, 3.63) is 94.7 Å². The average molecular weight is 454 g/mol. The van der Waals surface area contributed by atoms with Gasteiger partial charge < -0.3 is 16.4 Å². The van der Waals surface area contributed by atoms with Crippen LogP contribution in [0.15, 0.2) is 66.9 Å². The lowest BCUT2D eigenvalue weighted by atomic mass is 9.97. The molecule has 170 valence electrons. The van der Waals surface area contributed by atoms with Gasteiger partial charge in [-0.05, 0) is 53.8 Å². The fraction of sp³-hybridized carbons (Fsp3) is 0.208. The normalized spacial score (nSPS) is 16.2. The lowest BCUT2D eigenvalue weighted by Gasteiger charge is -2.36. The zero-order valence-corrected chi connectivity index (χ0v) is 17.4. The molecule has 0 unspecified atom stereocenters. The molecule has 0 saturated carbocycles. The van der Waals surface area contributed by atoms with Crippen LogP contribution in [0, 0.1) is 0 Å². The summed E-state index contributed by atoms with van der Waals surface area (Å²) in [7, 11) is 0. The summed E-state index contributed by atoms with van der Waals surface area (Å²) in [6, 6.07) is 12.8. The number of hydrogen-bond acceptors (Lipinski definition) is 4. The summed E-state index contributed by atoms with van der Waals surface area (Å²) in [4.78, 5) is 31.6. The second-order valence-corrected chi connectivity index (χ2v) is 7.83. The molecule has 0 spiro atoms. The van der Waals surface area contributed by atoms with Crippen molar-refractivity contribution in [1.29, 1.82) is 0 Å². The number of nitrogen functional groups attached to an aromatic ring is 1. The van der Waals surface area contributed by atoms with Gasteiger partial charge in [0.2, 0.25) is 5.91 Å². The Hall–Kier alpha value is -3.88. The van der Waals surface area contributed by atoms with E-state index in [1.165, 1.54) is 29.3 Å². The van der Waals surface area contributed by atoms with Gasteiger partial charge >= 0.3 is 6.18 Å². The van der Waals surface area contributed by atoms with E-state index in [-0.39, 0.29) is 11.4 Å². The molecule has 9 heteroatoms. The Morgan fingerprint density at radius 3 is 2.42 bits per heavy atom. The molecule has 0 aliphatic heterocycles. The van der Waals surface area contributed by atoms with Crippen molar-refractivity contribution in [3.8, 4) is 0 Å². The number of aryl methyl sites for hydroxylation is 1. The number of benzene rings is 2. The fourth-order valence-electron chi connectivity index (χ4n) is 4.32. The summed E-state index contributed by atoms with van der Waals surface area (Å²) in [5, 5.41) is 0. The van der Waals surface area contributed by atoms with Gasteiger partial charge in [-0.25, -0.2) is 4.98 Å². The number of nitrogens with zero attached hydrogens (tertiary/aromatic N) is 2. The summed E-state index contributed by atoms with van der Waals surface area (Å²) in [5.41, 5.74) is 12.4. The van der Waals surface area contributed by atoms with Crippen LogP contribution in [0.1, 0.15) is 51.1 Å². The first kappa shape index (κ1) is 22.3. The van der Waals surface area contributed by atoms with Crippen LogP contribution < -0.4 is 11.5 Å². The smallest absolute Gasteiger partial charge is 0.383 e. The van der Waals surface area contributed by atoms with Crippen molar-refractivity contribution >= 4 is 17.6 Å². The van der Waals surface area contributed by atoms with Crippen molar-refractivity contribution in [2.45, 2.75) is 31.1 Å². The number of carbonyl (C=O) groups excluding carboxylic acids is 2. The van der Waals surface area contributed by atoms with Gasteiger partial charge in [-0.2, -0.15) is 13.2 Å². The van der Waals surface area contributed by atoms with Crippen LogP contribution in [0.3, 0.4) is 0 Å². The molecule has 3 aromatic rings. The minimum absolute atomic E-state index is 0.0418. The maximum absolute atomic E-state index is 13.7. The number of pyridine rings is 1. The van der Waals surface area contributed by atoms with E-state index in [2.05, 4.69) is 4.98 Å². The molecule has 6 nitrogen and oxygen atoms in total. The van der Waals surface area contributed by atoms with Crippen LogP contribution in [0.5, 0.6) is 0 Å². The SMILES string of the molecule is NC(=O)[C@@H](c1ccccc1)N(C(=O)c1cccnc1N)[C@@H]1CCc2ccc(C(F)(F)F)cc21. The maximum Gasteiger partial charge on any atom is 0.416 e. The Kier molecular flexibility index (Phi) is 5.80. The summed E-state index contributed by atoms with van der Waals surface area (Å²) < 4.78 is 40.3. The molecule has 2 amide bonds. The number of alkyl halides is 3. The predicted octanol–water partition coefficient (Wildman–Crippen LogP) is 4.04. The van der Waals surface area contributed by atoms with Crippen molar-refractivity contribution in [1.82, 2.24) is 9.88 Å². The van der Waals surface area contributed by atoms with E-state index in [1.807, 2.05) is 0 Å². The third-order valence-corrected chi connectivity index (χ3v) is 5.82. The Morgan fingerprint density at radius 2 is 1.79 bits per heavy atom. The largest absolute Gasteiger partial charge is 0.416 e. The number of halogens is 3. The van der Waals surface area contributed by atoms with Crippen molar-refractivity contribution in [2.24, 2.45) is 5.73 Å². The van der Waals surface area contributed by atoms with Gasteiger partial charge in [-0.1, -0.05) is 36.4 Å². The molecule has 2 atom stereocenters. The van der Waals surface area contributed by atoms with E-state index in [4.69, 9.17) is 11.5 Å². The van der Waals surface area contributed by atoms with Gasteiger partial charge in [0.25, 0.3) is 5.91 Å². The quantitative estimate of drug-likeness (QED) is 0.607. The van der Waals surface area contributed by atoms with E-state index < -0.39 is 35.6 Å². The molecule has 2 aromatic carbocycles. The van der Waals surface area contributed by atoms with Crippen molar-refractivity contribution in [2.75, 3.05) is 5.73 Å². The number of rotatable bonds is 5. The van der Waals surface area contributed by atoms with Crippen LogP contribution in [0.2, 0.25) is 0 Å². The second-order valence-electron chi connectivity index (χ2n) is 7.83. The molecule has 4 rings (SSSR count). The van der Waals surface area contributed by atoms with E-state index in [9.17, 15) is 22.8 Å². The van der Waals surface area contributed by atoms with E-state index in [0.717, 1.165) is 12.1 Å². The van der Waals surface area contributed by atoms with E-state index in [0.29, 0.717) is 29.5 Å². The number of amides is 2. The first-order valence-corrected chi connectivity index (χ1v) is 10.3. The van der Waals surface area contributed by atoms with Crippen LogP contribution >= 0.6 is 0 Å². The number of primary amides is 1. The highest BCUT2D eigenvalue weighted by Gasteiger charge is 2.41. The fourth-order valence-corrected chi connectivity index (χ4v) is 4.32. The van der Waals surface area contributed by atoms with Gasteiger partial charge in [0, 0.05) is 6.20 Å². The van der Waals surface area contributed by atoms with Crippen molar-refractivity contribution < 1.29 is 22.8 Å². The van der Waals surface area contributed by atoms with Crippen LogP contribution in [-0.2, 0) is 17.4 Å². The number of aromatic nitrogens is 1. The van der Waals surface area contributed by atoms with E-state index in [1.54, 1.807) is 30.3 Å². The lowest BCUT2D eigenvalue weighted by molar-refractivity contribution is -0.137. The molecule has 1 aromatic heterocycles. The molecule has 0 saturated heterocycles. The number of carbonyl (C=O) groups is 2. The molecule has 0 radical (unpaired) electrons. The highest BCUT2D eigenvalue weighted by Crippen LogP contribution is 2.43. The Bertz CT molecular complexity index is 1200. The first-order valence-electron chi connectivity index (χ1n) is 10.3. The zero-order valence-electron chi connectivity index (χ0n) is 17.4. The monoisotopic (exact) mass is 454 g/mol. The Balaban J connectivity index is 1.89. The van der Waals surface area contributed by atoms with Gasteiger partial charge in [0.05, 0.1) is 17.2 Å². The minimum atomic E-state index is -4.55. The van der Waals surface area contributed by atoms with Crippen LogP contribution in [0.4, 0.5) is 19.0 Å². The van der Waals surface area contributed by atoms with Gasteiger partial charge in [-0.3, -0.25) is 9.59 Å². The molecule has 0 bridgehead atoms. The number of hydrogen-bond donors (Lipinski definition) is 2. The minimum Gasteiger partial charge on any atom is -0.383 e. The molecule has 1 heterocycles. The maximum atomic E-state index is 13.7. The zero-order chi connectivity index (χ0) is 23.8. The van der Waals surface area contributed by atoms with Gasteiger partial charge in [-0.15, -0.1) is 0 Å². The first-order chi connectivity index (χ1) is 15.7. The topological polar surface area (TPSA) is 102 Å². The molecule has 33 heavy (non-hydrogen) atoms. The predicted molar refractivity (Wildman–Crippen MR) is 116 cm³/mol. The highest BCUT2D eigenvalue weighted by atomic mass is 19.4. The van der Waals surface area contributed by atoms with Gasteiger partial charge in [0.1, 0.15) is 11.9 Å². The molecular formula is C24H21F3N4O2. The number of fused-ring (bicyclic) bond motifs is 1. The summed E-state index contributed by atoms with van der Waals surface area (Å²) in [5.74, 6) is -1.49. The summed E-state index contributed by atoms with van der Waals surface area (Å²) >= 11 is 0. The summed E-state index contributed by atoms with van der Waals surface area (Å²) in [6.45, 7) is 0. The molecule has 4 N–H and O–H groups in total. The number of anilines is 1. The third-order valence-electron chi connectivity index (χ3n) is 5.82. The van der Waals surface area contributed by atoms with Crippen LogP contribution in [-0.4, -0.2) is 21.7 Å². The molecule has 0 fully saturated rings. The van der Waals surface area contributed by atoms with Gasteiger partial charge in [0.15, 0.2) is 0 Å². The Morgan fingerprint density at radius 1 is 1.06 bits per heavy atom. The van der Waals surface area contributed by atoms with E-state index >= 15 is 0 Å². The third kappa shape index (κ3) is 4.26. The lowest BCUT2D eigenvalue weighted by Crippen LogP contribution is -2.43. The standard InChI is InChI=1S/C24H21F3N4O2/c25-24(26,27)16-10-8-14-9-11-19(18(14)13-16)31(23(33)17-7-4-12-30-21(17)28)20(22(29)32)15-5-2-1-3-6-15/h1-8,10,12-13,19-20H,9,11H2,(H2,28,30)(H2,29,32)/t19-,20-/m1/s1. The molecule has 1 aliphatic carbocycles.